The second kappa shape index (κ2) is 8.04. The Balaban J connectivity index is 1.68. The third-order valence-corrected chi connectivity index (χ3v) is 7.24. The van der Waals surface area contributed by atoms with Crippen molar-refractivity contribution in [2.45, 2.75) is 30.9 Å². The maximum atomic E-state index is 12.7. The number of rotatable bonds is 4. The number of amides is 1. The SMILES string of the molecule is CC(CC(=O)N1CCC(c2ccccc2)S(=O)(=O)CC1)c1ccccc1. The summed E-state index contributed by atoms with van der Waals surface area (Å²) in [7, 11) is -3.25. The molecule has 1 aliphatic rings. The first-order chi connectivity index (χ1) is 12.5. The molecule has 0 aromatic heterocycles. The monoisotopic (exact) mass is 371 g/mol. The highest BCUT2D eigenvalue weighted by Gasteiger charge is 2.32. The molecule has 1 fully saturated rings. The maximum Gasteiger partial charge on any atom is 0.223 e. The Kier molecular flexibility index (Phi) is 5.77. The molecule has 26 heavy (non-hydrogen) atoms. The van der Waals surface area contributed by atoms with Crippen LogP contribution < -0.4 is 0 Å². The number of sulfone groups is 1. The van der Waals surface area contributed by atoms with Gasteiger partial charge in [0.05, 0.1) is 11.0 Å². The predicted octanol–water partition coefficient (Wildman–Crippen LogP) is 3.57. The standard InChI is InChI=1S/C21H25NO3S/c1-17(18-8-4-2-5-9-18)16-21(23)22-13-12-20(26(24,25)15-14-22)19-10-6-3-7-11-19/h2-11,17,20H,12-16H2,1H3. The van der Waals surface area contributed by atoms with E-state index in [-0.39, 0.29) is 24.1 Å². The van der Waals surface area contributed by atoms with Crippen LogP contribution in [0, 0.1) is 0 Å². The topological polar surface area (TPSA) is 54.5 Å². The van der Waals surface area contributed by atoms with Gasteiger partial charge in [0.1, 0.15) is 0 Å². The van der Waals surface area contributed by atoms with E-state index < -0.39 is 15.1 Å². The average Bonchev–Trinajstić information content (AvgIpc) is 2.81. The van der Waals surface area contributed by atoms with Gasteiger partial charge in [0.2, 0.25) is 5.91 Å². The molecule has 1 aliphatic heterocycles. The van der Waals surface area contributed by atoms with E-state index in [1.54, 1.807) is 4.90 Å². The van der Waals surface area contributed by atoms with E-state index in [0.717, 1.165) is 11.1 Å². The summed E-state index contributed by atoms with van der Waals surface area (Å²) in [5.41, 5.74) is 1.95. The number of benzene rings is 2. The highest BCUT2D eigenvalue weighted by molar-refractivity contribution is 7.91. The fraction of sp³-hybridized carbons (Fsp3) is 0.381. The van der Waals surface area contributed by atoms with E-state index in [0.29, 0.717) is 19.4 Å². The Bertz CT molecular complexity index is 834. The number of nitrogens with zero attached hydrogens (tertiary/aromatic N) is 1. The number of carbonyl (C=O) groups excluding carboxylic acids is 1. The predicted molar refractivity (Wildman–Crippen MR) is 104 cm³/mol. The molecule has 0 bridgehead atoms. The van der Waals surface area contributed by atoms with Crippen LogP contribution in [-0.4, -0.2) is 38.1 Å². The van der Waals surface area contributed by atoms with E-state index in [1.165, 1.54) is 0 Å². The molecule has 3 rings (SSSR count). The van der Waals surface area contributed by atoms with Crippen LogP contribution in [-0.2, 0) is 14.6 Å². The molecule has 138 valence electrons. The van der Waals surface area contributed by atoms with E-state index in [9.17, 15) is 13.2 Å². The fourth-order valence-corrected chi connectivity index (χ4v) is 5.32. The van der Waals surface area contributed by atoms with Crippen LogP contribution in [0.5, 0.6) is 0 Å². The smallest absolute Gasteiger partial charge is 0.223 e. The van der Waals surface area contributed by atoms with Gasteiger partial charge >= 0.3 is 0 Å². The van der Waals surface area contributed by atoms with Crippen LogP contribution >= 0.6 is 0 Å². The van der Waals surface area contributed by atoms with Gasteiger partial charge in [-0.15, -0.1) is 0 Å². The number of hydrogen-bond acceptors (Lipinski definition) is 3. The lowest BCUT2D eigenvalue weighted by Crippen LogP contribution is -2.34. The molecule has 2 aromatic rings. The zero-order valence-corrected chi connectivity index (χ0v) is 15.9. The Hall–Kier alpha value is -2.14. The zero-order valence-electron chi connectivity index (χ0n) is 15.0. The molecule has 2 atom stereocenters. The van der Waals surface area contributed by atoms with Gasteiger partial charge in [0.15, 0.2) is 9.84 Å². The van der Waals surface area contributed by atoms with Gasteiger partial charge in [-0.25, -0.2) is 8.42 Å². The lowest BCUT2D eigenvalue weighted by atomic mass is 9.97. The molecule has 1 amide bonds. The first kappa shape index (κ1) is 18.6. The van der Waals surface area contributed by atoms with Crippen LogP contribution in [0.15, 0.2) is 60.7 Å². The van der Waals surface area contributed by atoms with Gasteiger partial charge in [-0.05, 0) is 23.5 Å². The quantitative estimate of drug-likeness (QED) is 0.826. The van der Waals surface area contributed by atoms with Crippen molar-refractivity contribution >= 4 is 15.7 Å². The molecule has 2 aromatic carbocycles. The highest BCUT2D eigenvalue weighted by atomic mass is 32.2. The summed E-state index contributed by atoms with van der Waals surface area (Å²) < 4.78 is 25.4. The molecular weight excluding hydrogens is 346 g/mol. The average molecular weight is 372 g/mol. The number of carbonyl (C=O) groups is 1. The Morgan fingerprint density at radius 3 is 2.31 bits per heavy atom. The summed E-state index contributed by atoms with van der Waals surface area (Å²) in [6, 6.07) is 19.3. The minimum absolute atomic E-state index is 0.0258. The van der Waals surface area contributed by atoms with Crippen LogP contribution in [0.4, 0.5) is 0 Å². The first-order valence-electron chi connectivity index (χ1n) is 9.06. The zero-order chi connectivity index (χ0) is 18.6. The second-order valence-electron chi connectivity index (χ2n) is 6.95. The van der Waals surface area contributed by atoms with Crippen LogP contribution in [0.25, 0.3) is 0 Å². The van der Waals surface area contributed by atoms with E-state index in [4.69, 9.17) is 0 Å². The first-order valence-corrected chi connectivity index (χ1v) is 10.8. The Labute approximate surface area is 155 Å². The molecule has 5 heteroatoms. The Morgan fingerprint density at radius 2 is 1.65 bits per heavy atom. The van der Waals surface area contributed by atoms with E-state index >= 15 is 0 Å². The molecule has 0 aliphatic carbocycles. The third kappa shape index (κ3) is 4.33. The molecule has 0 spiro atoms. The van der Waals surface area contributed by atoms with E-state index in [2.05, 4.69) is 0 Å². The van der Waals surface area contributed by atoms with Crippen LogP contribution in [0.2, 0.25) is 0 Å². The summed E-state index contributed by atoms with van der Waals surface area (Å²) in [6.45, 7) is 2.81. The summed E-state index contributed by atoms with van der Waals surface area (Å²) in [5.74, 6) is 0.177. The third-order valence-electron chi connectivity index (χ3n) is 5.11. The number of hydrogen-bond donors (Lipinski definition) is 0. The van der Waals surface area contributed by atoms with Crippen LogP contribution in [0.3, 0.4) is 0 Å². The van der Waals surface area contributed by atoms with Crippen molar-refractivity contribution in [3.8, 4) is 0 Å². The minimum Gasteiger partial charge on any atom is -0.342 e. The van der Waals surface area contributed by atoms with Crippen molar-refractivity contribution < 1.29 is 13.2 Å². The molecule has 0 N–H and O–H groups in total. The fourth-order valence-electron chi connectivity index (χ4n) is 3.53. The van der Waals surface area contributed by atoms with Crippen molar-refractivity contribution in [3.63, 3.8) is 0 Å². The van der Waals surface area contributed by atoms with E-state index in [1.807, 2.05) is 67.6 Å². The largest absolute Gasteiger partial charge is 0.342 e. The molecule has 0 radical (unpaired) electrons. The van der Waals surface area contributed by atoms with Crippen molar-refractivity contribution in [1.29, 1.82) is 0 Å². The van der Waals surface area contributed by atoms with Crippen LogP contribution in [0.1, 0.15) is 42.1 Å². The molecule has 1 heterocycles. The van der Waals surface area contributed by atoms with Gasteiger partial charge in [0, 0.05) is 19.5 Å². The summed E-state index contributed by atoms with van der Waals surface area (Å²) in [6.07, 6.45) is 0.859. The van der Waals surface area contributed by atoms with Crippen molar-refractivity contribution in [3.05, 3.63) is 71.8 Å². The maximum absolute atomic E-state index is 12.7. The second-order valence-corrected chi connectivity index (χ2v) is 9.25. The highest BCUT2D eigenvalue weighted by Crippen LogP contribution is 2.30. The lowest BCUT2D eigenvalue weighted by molar-refractivity contribution is -0.131. The van der Waals surface area contributed by atoms with Crippen molar-refractivity contribution in [2.24, 2.45) is 0 Å². The van der Waals surface area contributed by atoms with Crippen molar-refractivity contribution in [2.75, 3.05) is 18.8 Å². The molecule has 1 saturated heterocycles. The minimum atomic E-state index is -3.25. The summed E-state index contributed by atoms with van der Waals surface area (Å²) in [4.78, 5) is 14.4. The lowest BCUT2D eigenvalue weighted by Gasteiger charge is -2.22. The Morgan fingerprint density at radius 1 is 1.04 bits per heavy atom. The molecule has 0 saturated carbocycles. The van der Waals surface area contributed by atoms with Gasteiger partial charge in [0.25, 0.3) is 0 Å². The summed E-state index contributed by atoms with van der Waals surface area (Å²) >= 11 is 0. The molecule has 2 unspecified atom stereocenters. The molecular formula is C21H25NO3S. The van der Waals surface area contributed by atoms with Gasteiger partial charge in [-0.3, -0.25) is 4.79 Å². The summed E-state index contributed by atoms with van der Waals surface area (Å²) in [5, 5.41) is -0.520. The van der Waals surface area contributed by atoms with Gasteiger partial charge in [-0.2, -0.15) is 0 Å². The normalized spacial score (nSPS) is 21.0. The molecule has 4 nitrogen and oxygen atoms in total. The van der Waals surface area contributed by atoms with Crippen molar-refractivity contribution in [1.82, 2.24) is 4.90 Å². The van der Waals surface area contributed by atoms with Gasteiger partial charge in [-0.1, -0.05) is 67.6 Å². The van der Waals surface area contributed by atoms with Gasteiger partial charge < -0.3 is 4.90 Å².